The summed E-state index contributed by atoms with van der Waals surface area (Å²) in [7, 11) is 0. The van der Waals surface area contributed by atoms with Crippen molar-refractivity contribution in [2.24, 2.45) is 17.3 Å². The molecule has 1 aromatic carbocycles. The molecule has 0 aliphatic heterocycles. The van der Waals surface area contributed by atoms with Crippen molar-refractivity contribution < 1.29 is 9.90 Å². The lowest BCUT2D eigenvalue weighted by Crippen LogP contribution is -2.43. The molecule has 4 atom stereocenters. The van der Waals surface area contributed by atoms with E-state index < -0.39 is 0 Å². The van der Waals surface area contributed by atoms with Gasteiger partial charge in [-0.25, -0.2) is 0 Å². The number of nitriles is 1. The van der Waals surface area contributed by atoms with E-state index in [-0.39, 0.29) is 11.3 Å². The van der Waals surface area contributed by atoms with Gasteiger partial charge in [-0.2, -0.15) is 5.26 Å². The highest BCUT2D eigenvalue weighted by Gasteiger charge is 2.48. The quantitative estimate of drug-likeness (QED) is 0.844. The zero-order valence-electron chi connectivity index (χ0n) is 12.4. The Hall–Kier alpha value is -1.82. The Morgan fingerprint density at radius 1 is 1.48 bits per heavy atom. The Balaban J connectivity index is 1.98. The van der Waals surface area contributed by atoms with E-state index in [9.17, 15) is 9.90 Å². The van der Waals surface area contributed by atoms with Crippen LogP contribution in [0, 0.1) is 28.6 Å². The van der Waals surface area contributed by atoms with E-state index in [2.05, 4.69) is 6.07 Å². The highest BCUT2D eigenvalue weighted by Crippen LogP contribution is 2.55. The van der Waals surface area contributed by atoms with Gasteiger partial charge in [-0.15, -0.1) is 0 Å². The summed E-state index contributed by atoms with van der Waals surface area (Å²) >= 11 is 0. The second-order valence-corrected chi connectivity index (χ2v) is 6.82. The molecule has 21 heavy (non-hydrogen) atoms. The molecule has 1 fully saturated rings. The van der Waals surface area contributed by atoms with Gasteiger partial charge in [0, 0.05) is 11.8 Å². The predicted octanol–water partition coefficient (Wildman–Crippen LogP) is 3.57. The van der Waals surface area contributed by atoms with Crippen molar-refractivity contribution in [2.75, 3.05) is 0 Å². The molecule has 0 heterocycles. The molecule has 0 spiro atoms. The van der Waals surface area contributed by atoms with Crippen molar-refractivity contribution in [1.82, 2.24) is 0 Å². The highest BCUT2D eigenvalue weighted by atomic mass is 16.3. The number of benzene rings is 1. The zero-order chi connectivity index (χ0) is 15.0. The molecule has 110 valence electrons. The number of hydrogen-bond donors (Lipinski definition) is 1. The number of rotatable bonds is 2. The first-order valence-corrected chi connectivity index (χ1v) is 7.74. The Morgan fingerprint density at radius 2 is 2.29 bits per heavy atom. The summed E-state index contributed by atoms with van der Waals surface area (Å²) in [4.78, 5) is 11.6. The third-order valence-corrected chi connectivity index (χ3v) is 5.73. The first-order valence-electron chi connectivity index (χ1n) is 7.74. The second kappa shape index (κ2) is 5.18. The van der Waals surface area contributed by atoms with Crippen LogP contribution in [0.3, 0.4) is 0 Å². The Bertz CT molecular complexity index is 604. The van der Waals surface area contributed by atoms with Crippen LogP contribution in [0.4, 0.5) is 0 Å². The molecule has 0 aromatic heterocycles. The standard InChI is InChI=1S/C18H21NO2/c1-18(11-20)8-6-15-14-5-3-13(21)10-12(14)2-4-16(15)17(18)7-9-19/h3,5,10-11,15-17,21H,2,4,6-8H2,1H3/t15-,16-,17+,18-/m1/s1. The average molecular weight is 283 g/mol. The Labute approximate surface area is 125 Å². The fraction of sp³-hybridized carbons (Fsp3) is 0.556. The van der Waals surface area contributed by atoms with Crippen LogP contribution < -0.4 is 0 Å². The third kappa shape index (κ3) is 2.23. The van der Waals surface area contributed by atoms with Gasteiger partial charge >= 0.3 is 0 Å². The smallest absolute Gasteiger partial charge is 0.126 e. The minimum absolute atomic E-state index is 0.153. The molecule has 0 amide bonds. The van der Waals surface area contributed by atoms with Crippen LogP contribution in [0.25, 0.3) is 0 Å². The molecule has 1 saturated carbocycles. The van der Waals surface area contributed by atoms with Crippen molar-refractivity contribution in [1.29, 1.82) is 5.26 Å². The van der Waals surface area contributed by atoms with Crippen LogP contribution in [-0.4, -0.2) is 11.4 Å². The monoisotopic (exact) mass is 283 g/mol. The van der Waals surface area contributed by atoms with Gasteiger partial charge in [-0.1, -0.05) is 13.0 Å². The van der Waals surface area contributed by atoms with Crippen LogP contribution in [-0.2, 0) is 11.2 Å². The lowest BCUT2D eigenvalue weighted by molar-refractivity contribution is -0.122. The van der Waals surface area contributed by atoms with Gasteiger partial charge in [0.1, 0.15) is 12.0 Å². The fourth-order valence-corrected chi connectivity index (χ4v) is 4.55. The van der Waals surface area contributed by atoms with Crippen LogP contribution >= 0.6 is 0 Å². The van der Waals surface area contributed by atoms with Gasteiger partial charge in [0.25, 0.3) is 0 Å². The maximum Gasteiger partial charge on any atom is 0.126 e. The number of phenols is 1. The van der Waals surface area contributed by atoms with Gasteiger partial charge in [0.15, 0.2) is 0 Å². The lowest BCUT2D eigenvalue weighted by atomic mass is 9.54. The van der Waals surface area contributed by atoms with Gasteiger partial charge in [0.2, 0.25) is 0 Å². The van der Waals surface area contributed by atoms with E-state index in [1.54, 1.807) is 6.07 Å². The minimum Gasteiger partial charge on any atom is -0.508 e. The predicted molar refractivity (Wildman–Crippen MR) is 79.8 cm³/mol. The van der Waals surface area contributed by atoms with E-state index in [0.29, 0.717) is 24.0 Å². The number of aldehydes is 1. The average Bonchev–Trinajstić information content (AvgIpc) is 2.49. The Morgan fingerprint density at radius 3 is 3.00 bits per heavy atom. The van der Waals surface area contributed by atoms with Crippen molar-refractivity contribution in [3.05, 3.63) is 29.3 Å². The first kappa shape index (κ1) is 14.1. The number of fused-ring (bicyclic) bond motifs is 3. The van der Waals surface area contributed by atoms with E-state index >= 15 is 0 Å². The molecule has 2 aliphatic carbocycles. The van der Waals surface area contributed by atoms with Gasteiger partial charge < -0.3 is 9.90 Å². The molecule has 1 aromatic rings. The fourth-order valence-electron chi connectivity index (χ4n) is 4.55. The molecule has 3 heteroatoms. The summed E-state index contributed by atoms with van der Waals surface area (Å²) < 4.78 is 0. The molecule has 3 nitrogen and oxygen atoms in total. The molecular formula is C18H21NO2. The molecule has 0 bridgehead atoms. The number of aryl methyl sites for hydroxylation is 1. The zero-order valence-corrected chi connectivity index (χ0v) is 12.4. The van der Waals surface area contributed by atoms with Gasteiger partial charge in [-0.05, 0) is 66.7 Å². The van der Waals surface area contributed by atoms with E-state index in [1.165, 1.54) is 11.1 Å². The van der Waals surface area contributed by atoms with Crippen molar-refractivity contribution >= 4 is 6.29 Å². The summed E-state index contributed by atoms with van der Waals surface area (Å²) in [6.45, 7) is 2.02. The van der Waals surface area contributed by atoms with E-state index in [4.69, 9.17) is 5.26 Å². The minimum atomic E-state index is -0.356. The molecule has 0 radical (unpaired) electrons. The normalized spacial score (nSPS) is 34.4. The van der Waals surface area contributed by atoms with Crippen LogP contribution in [0.15, 0.2) is 18.2 Å². The SMILES string of the molecule is C[C@]1(C=O)CC[C@@H]2c3ccc(O)cc3CC[C@H]2[C@@H]1CC#N. The molecule has 0 unspecified atom stereocenters. The summed E-state index contributed by atoms with van der Waals surface area (Å²) in [5.41, 5.74) is 2.20. The highest BCUT2D eigenvalue weighted by molar-refractivity contribution is 5.60. The van der Waals surface area contributed by atoms with Crippen LogP contribution in [0.1, 0.15) is 49.7 Å². The molecule has 0 saturated heterocycles. The number of carbonyl (C=O) groups excluding carboxylic acids is 1. The molecule has 3 rings (SSSR count). The Kier molecular flexibility index (Phi) is 3.49. The summed E-state index contributed by atoms with van der Waals surface area (Å²) in [5.74, 6) is 1.32. The van der Waals surface area contributed by atoms with Crippen molar-refractivity contribution in [3.8, 4) is 11.8 Å². The number of nitrogens with zero attached hydrogens (tertiary/aromatic N) is 1. The summed E-state index contributed by atoms with van der Waals surface area (Å²) in [6.07, 6.45) is 5.34. The second-order valence-electron chi connectivity index (χ2n) is 6.82. The largest absolute Gasteiger partial charge is 0.508 e. The number of hydrogen-bond acceptors (Lipinski definition) is 3. The topological polar surface area (TPSA) is 61.1 Å². The maximum atomic E-state index is 11.6. The lowest BCUT2D eigenvalue weighted by Gasteiger charge is -2.49. The molecule has 1 N–H and O–H groups in total. The van der Waals surface area contributed by atoms with Gasteiger partial charge in [-0.3, -0.25) is 0 Å². The maximum absolute atomic E-state index is 11.6. The van der Waals surface area contributed by atoms with E-state index in [1.807, 2.05) is 19.1 Å². The number of aromatic hydroxyl groups is 1. The summed E-state index contributed by atoms with van der Waals surface area (Å²) in [5, 5.41) is 18.8. The van der Waals surface area contributed by atoms with E-state index in [0.717, 1.165) is 32.0 Å². The van der Waals surface area contributed by atoms with Crippen LogP contribution in [0.2, 0.25) is 0 Å². The third-order valence-electron chi connectivity index (χ3n) is 5.73. The van der Waals surface area contributed by atoms with Crippen LogP contribution in [0.5, 0.6) is 5.75 Å². The summed E-state index contributed by atoms with van der Waals surface area (Å²) in [6, 6.07) is 7.96. The first-order chi connectivity index (χ1) is 10.1. The molecule has 2 aliphatic rings. The van der Waals surface area contributed by atoms with Crippen molar-refractivity contribution in [2.45, 2.75) is 44.9 Å². The van der Waals surface area contributed by atoms with Gasteiger partial charge in [0.05, 0.1) is 6.07 Å². The number of carbonyl (C=O) groups is 1. The number of phenolic OH excluding ortho intramolecular Hbond substituents is 1. The molecular weight excluding hydrogens is 262 g/mol. The van der Waals surface area contributed by atoms with Crippen molar-refractivity contribution in [3.63, 3.8) is 0 Å².